The minimum absolute atomic E-state index is 0.165. The molecule has 3 aromatic rings. The summed E-state index contributed by atoms with van der Waals surface area (Å²) in [5.74, 6) is 0.482. The minimum Gasteiger partial charge on any atom is -0.484 e. The largest absolute Gasteiger partial charge is 0.484 e. The molecule has 5 heteroatoms. The average Bonchev–Trinajstić information content (AvgIpc) is 2.73. The fourth-order valence-electron chi connectivity index (χ4n) is 3.28. The van der Waals surface area contributed by atoms with Crippen LogP contribution in [0.1, 0.15) is 46.8 Å². The molecule has 0 atom stereocenters. The van der Waals surface area contributed by atoms with Gasteiger partial charge in [-0.25, -0.2) is 0 Å². The van der Waals surface area contributed by atoms with Gasteiger partial charge in [-0.15, -0.1) is 0 Å². The second kappa shape index (κ2) is 9.59. The van der Waals surface area contributed by atoms with Crippen molar-refractivity contribution in [1.82, 2.24) is 0 Å². The third-order valence-corrected chi connectivity index (χ3v) is 5.00. The summed E-state index contributed by atoms with van der Waals surface area (Å²) < 4.78 is 5.64. The van der Waals surface area contributed by atoms with Crippen molar-refractivity contribution in [1.29, 1.82) is 0 Å². The van der Waals surface area contributed by atoms with Crippen LogP contribution < -0.4 is 10.1 Å². The van der Waals surface area contributed by atoms with Gasteiger partial charge in [0.1, 0.15) is 5.75 Å². The topological polar surface area (TPSA) is 55.4 Å². The monoisotopic (exact) mass is 421 g/mol. The fraction of sp³-hybridized carbons (Fsp3) is 0.200. The summed E-state index contributed by atoms with van der Waals surface area (Å²) in [7, 11) is 0. The van der Waals surface area contributed by atoms with E-state index in [-0.39, 0.29) is 18.3 Å². The second-order valence-electron chi connectivity index (χ2n) is 7.40. The van der Waals surface area contributed by atoms with Gasteiger partial charge in [-0.1, -0.05) is 61.8 Å². The predicted octanol–water partition coefficient (Wildman–Crippen LogP) is 6.02. The van der Waals surface area contributed by atoms with Gasteiger partial charge in [0.05, 0.1) is 5.69 Å². The van der Waals surface area contributed by atoms with Crippen molar-refractivity contribution >= 4 is 29.0 Å². The highest BCUT2D eigenvalue weighted by atomic mass is 35.5. The molecule has 0 saturated heterocycles. The number of benzene rings is 3. The molecule has 4 nitrogen and oxygen atoms in total. The summed E-state index contributed by atoms with van der Waals surface area (Å²) in [5.41, 5.74) is 3.62. The van der Waals surface area contributed by atoms with Crippen molar-refractivity contribution in [3.05, 3.63) is 94.0 Å². The van der Waals surface area contributed by atoms with E-state index in [1.807, 2.05) is 31.2 Å². The first-order valence-electron chi connectivity index (χ1n) is 9.77. The average molecular weight is 422 g/mol. The molecule has 0 aliphatic rings. The Hall–Kier alpha value is -3.11. The van der Waals surface area contributed by atoms with Crippen LogP contribution in [0.2, 0.25) is 5.02 Å². The SMILES string of the molecule is Cc1cc(OCC(=O)Nc2ccc(Cl)cc2C(=O)c2ccccc2)ccc1C(C)C. The summed E-state index contributed by atoms with van der Waals surface area (Å²) in [6, 6.07) is 19.5. The van der Waals surface area contributed by atoms with Gasteiger partial charge >= 0.3 is 0 Å². The number of amides is 1. The van der Waals surface area contributed by atoms with Gasteiger partial charge in [0, 0.05) is 16.1 Å². The number of aryl methyl sites for hydroxylation is 1. The molecule has 0 radical (unpaired) electrons. The van der Waals surface area contributed by atoms with Gasteiger partial charge in [-0.2, -0.15) is 0 Å². The number of hydrogen-bond donors (Lipinski definition) is 1. The zero-order chi connectivity index (χ0) is 21.7. The smallest absolute Gasteiger partial charge is 0.262 e. The van der Waals surface area contributed by atoms with Crippen LogP contribution in [0.4, 0.5) is 5.69 Å². The second-order valence-corrected chi connectivity index (χ2v) is 7.83. The van der Waals surface area contributed by atoms with Crippen molar-refractivity contribution in [3.63, 3.8) is 0 Å². The van der Waals surface area contributed by atoms with Crippen LogP contribution in [-0.2, 0) is 4.79 Å². The lowest BCUT2D eigenvalue weighted by Crippen LogP contribution is -2.21. The molecular weight excluding hydrogens is 398 g/mol. The van der Waals surface area contributed by atoms with Crippen molar-refractivity contribution in [3.8, 4) is 5.75 Å². The first-order chi connectivity index (χ1) is 14.3. The zero-order valence-electron chi connectivity index (χ0n) is 17.2. The molecule has 0 spiro atoms. The highest BCUT2D eigenvalue weighted by Gasteiger charge is 2.16. The number of carbonyl (C=O) groups excluding carboxylic acids is 2. The van der Waals surface area contributed by atoms with Crippen LogP contribution in [0, 0.1) is 6.92 Å². The van der Waals surface area contributed by atoms with Gasteiger partial charge in [0.25, 0.3) is 5.91 Å². The van der Waals surface area contributed by atoms with E-state index in [0.29, 0.717) is 33.5 Å². The van der Waals surface area contributed by atoms with E-state index in [1.165, 1.54) is 5.56 Å². The maximum atomic E-state index is 12.9. The molecule has 30 heavy (non-hydrogen) atoms. The van der Waals surface area contributed by atoms with E-state index in [0.717, 1.165) is 5.56 Å². The lowest BCUT2D eigenvalue weighted by Gasteiger charge is -2.14. The molecule has 0 aliphatic heterocycles. The summed E-state index contributed by atoms with van der Waals surface area (Å²) >= 11 is 6.09. The number of rotatable bonds is 7. The molecule has 3 aromatic carbocycles. The van der Waals surface area contributed by atoms with Gasteiger partial charge in [-0.3, -0.25) is 9.59 Å². The summed E-state index contributed by atoms with van der Waals surface area (Å²) in [5, 5.41) is 3.18. The predicted molar refractivity (Wildman–Crippen MR) is 121 cm³/mol. The Bertz CT molecular complexity index is 1060. The molecule has 1 amide bonds. The lowest BCUT2D eigenvalue weighted by atomic mass is 9.98. The third-order valence-electron chi connectivity index (χ3n) is 4.77. The Balaban J connectivity index is 1.71. The van der Waals surface area contributed by atoms with E-state index >= 15 is 0 Å². The van der Waals surface area contributed by atoms with Crippen molar-refractivity contribution in [2.75, 3.05) is 11.9 Å². The molecule has 1 N–H and O–H groups in total. The molecule has 0 bridgehead atoms. The summed E-state index contributed by atoms with van der Waals surface area (Å²) in [4.78, 5) is 25.3. The Morgan fingerprint density at radius 3 is 2.40 bits per heavy atom. The van der Waals surface area contributed by atoms with Crippen molar-refractivity contribution in [2.45, 2.75) is 26.7 Å². The van der Waals surface area contributed by atoms with Gasteiger partial charge in [0.15, 0.2) is 12.4 Å². The van der Waals surface area contributed by atoms with Crippen molar-refractivity contribution in [2.24, 2.45) is 0 Å². The normalized spacial score (nSPS) is 10.7. The van der Waals surface area contributed by atoms with Crippen LogP contribution in [0.3, 0.4) is 0 Å². The van der Waals surface area contributed by atoms with E-state index in [4.69, 9.17) is 16.3 Å². The molecule has 154 valence electrons. The Morgan fingerprint density at radius 2 is 1.73 bits per heavy atom. The van der Waals surface area contributed by atoms with Gasteiger partial charge < -0.3 is 10.1 Å². The molecular formula is C25H24ClNO3. The number of anilines is 1. The Kier molecular flexibility index (Phi) is 6.91. The van der Waals surface area contributed by atoms with Crippen LogP contribution in [-0.4, -0.2) is 18.3 Å². The third kappa shape index (κ3) is 5.28. The first-order valence-corrected chi connectivity index (χ1v) is 10.2. The van der Waals surface area contributed by atoms with Crippen molar-refractivity contribution < 1.29 is 14.3 Å². The van der Waals surface area contributed by atoms with E-state index in [9.17, 15) is 9.59 Å². The highest BCUT2D eigenvalue weighted by molar-refractivity contribution is 6.31. The Morgan fingerprint density at radius 1 is 1.00 bits per heavy atom. The molecule has 0 fully saturated rings. The number of hydrogen-bond acceptors (Lipinski definition) is 3. The first kappa shape index (κ1) is 21.6. The van der Waals surface area contributed by atoms with E-state index in [2.05, 4.69) is 19.2 Å². The quantitative estimate of drug-likeness (QED) is 0.474. The van der Waals surface area contributed by atoms with Crippen LogP contribution in [0.15, 0.2) is 66.7 Å². The number of nitrogens with one attached hydrogen (secondary N) is 1. The molecule has 3 rings (SSSR count). The summed E-state index contributed by atoms with van der Waals surface area (Å²) in [6.45, 7) is 6.13. The minimum atomic E-state index is -0.356. The lowest BCUT2D eigenvalue weighted by molar-refractivity contribution is -0.118. The molecule has 0 unspecified atom stereocenters. The molecule has 0 heterocycles. The maximum Gasteiger partial charge on any atom is 0.262 e. The molecule has 0 saturated carbocycles. The van der Waals surface area contributed by atoms with Crippen LogP contribution in [0.25, 0.3) is 0 Å². The zero-order valence-corrected chi connectivity index (χ0v) is 18.0. The van der Waals surface area contributed by atoms with Gasteiger partial charge in [-0.05, 0) is 54.3 Å². The highest BCUT2D eigenvalue weighted by Crippen LogP contribution is 2.25. The number of halogens is 1. The number of ether oxygens (including phenoxy) is 1. The van der Waals surface area contributed by atoms with E-state index < -0.39 is 0 Å². The van der Waals surface area contributed by atoms with E-state index in [1.54, 1.807) is 42.5 Å². The van der Waals surface area contributed by atoms with Gasteiger partial charge in [0.2, 0.25) is 0 Å². The summed E-state index contributed by atoms with van der Waals surface area (Å²) in [6.07, 6.45) is 0. The number of carbonyl (C=O) groups is 2. The van der Waals surface area contributed by atoms with Crippen LogP contribution >= 0.6 is 11.6 Å². The standard InChI is InChI=1S/C25H24ClNO3/c1-16(2)21-11-10-20(13-17(21)3)30-15-24(28)27-23-12-9-19(26)14-22(23)25(29)18-7-5-4-6-8-18/h4-14,16H,15H2,1-3H3,(H,27,28). The van der Waals surface area contributed by atoms with Crippen LogP contribution in [0.5, 0.6) is 5.75 Å². The fourth-order valence-corrected chi connectivity index (χ4v) is 3.45. The Labute approximate surface area is 181 Å². The number of ketones is 1. The molecule has 0 aromatic heterocycles. The maximum absolute atomic E-state index is 12.9. The molecule has 0 aliphatic carbocycles.